The Kier molecular flexibility index (Phi) is 2.76. The quantitative estimate of drug-likeness (QED) is 0.685. The molecule has 94 valence electrons. The highest BCUT2D eigenvalue weighted by atomic mass is 19.1. The van der Waals surface area contributed by atoms with E-state index in [0.29, 0.717) is 11.4 Å². The number of rotatable bonds is 2. The Bertz CT molecular complexity index is 740. The minimum Gasteiger partial charge on any atom is -0.397 e. The summed E-state index contributed by atoms with van der Waals surface area (Å²) in [5.74, 6) is -0.320. The van der Waals surface area contributed by atoms with Crippen LogP contribution in [0.1, 0.15) is 0 Å². The molecule has 0 radical (unpaired) electrons. The van der Waals surface area contributed by atoms with Gasteiger partial charge in [0.1, 0.15) is 5.82 Å². The second-order valence-electron chi connectivity index (χ2n) is 4.27. The number of benzene rings is 2. The van der Waals surface area contributed by atoms with Crippen LogP contribution in [0, 0.1) is 5.82 Å². The average molecular weight is 253 g/mol. The summed E-state index contributed by atoms with van der Waals surface area (Å²) in [5.41, 5.74) is 8.64. The molecule has 4 heteroatoms. The van der Waals surface area contributed by atoms with E-state index in [1.54, 1.807) is 12.3 Å². The molecule has 0 aliphatic heterocycles. The van der Waals surface area contributed by atoms with Crippen LogP contribution in [0.3, 0.4) is 0 Å². The molecule has 19 heavy (non-hydrogen) atoms. The summed E-state index contributed by atoms with van der Waals surface area (Å²) in [6.07, 6.45) is 1.75. The van der Waals surface area contributed by atoms with E-state index >= 15 is 0 Å². The molecule has 3 aromatic rings. The maximum absolute atomic E-state index is 13.2. The maximum atomic E-state index is 13.2. The van der Waals surface area contributed by atoms with Crippen LogP contribution in [0.25, 0.3) is 10.9 Å². The van der Waals surface area contributed by atoms with Crippen molar-refractivity contribution in [3.8, 4) is 0 Å². The number of pyridine rings is 1. The third-order valence-corrected chi connectivity index (χ3v) is 2.90. The van der Waals surface area contributed by atoms with E-state index in [0.717, 1.165) is 16.6 Å². The van der Waals surface area contributed by atoms with Crippen molar-refractivity contribution in [2.75, 3.05) is 11.1 Å². The zero-order valence-corrected chi connectivity index (χ0v) is 10.1. The highest BCUT2D eigenvalue weighted by Gasteiger charge is 2.02. The first-order valence-corrected chi connectivity index (χ1v) is 5.89. The lowest BCUT2D eigenvalue weighted by Gasteiger charge is -2.10. The van der Waals surface area contributed by atoms with Crippen LogP contribution in [0.5, 0.6) is 0 Å². The third kappa shape index (κ3) is 2.33. The Labute approximate surface area is 109 Å². The van der Waals surface area contributed by atoms with E-state index in [1.165, 1.54) is 12.1 Å². The van der Waals surface area contributed by atoms with E-state index in [2.05, 4.69) is 10.3 Å². The van der Waals surface area contributed by atoms with Gasteiger partial charge in [0.05, 0.1) is 16.9 Å². The second kappa shape index (κ2) is 4.57. The fourth-order valence-corrected chi connectivity index (χ4v) is 1.95. The van der Waals surface area contributed by atoms with Crippen LogP contribution in [0.4, 0.5) is 21.5 Å². The highest BCUT2D eigenvalue weighted by Crippen LogP contribution is 2.25. The minimum absolute atomic E-state index is 0.320. The summed E-state index contributed by atoms with van der Waals surface area (Å²) in [5, 5.41) is 4.13. The summed E-state index contributed by atoms with van der Waals surface area (Å²) in [4.78, 5) is 4.25. The lowest BCUT2D eigenvalue weighted by Crippen LogP contribution is -1.97. The van der Waals surface area contributed by atoms with E-state index in [-0.39, 0.29) is 5.82 Å². The van der Waals surface area contributed by atoms with E-state index < -0.39 is 0 Å². The van der Waals surface area contributed by atoms with Crippen molar-refractivity contribution in [3.05, 3.63) is 60.5 Å². The number of nitrogen functional groups attached to an aromatic ring is 1. The highest BCUT2D eigenvalue weighted by molar-refractivity contribution is 5.84. The molecular formula is C15H12FN3. The first kappa shape index (κ1) is 11.5. The molecule has 2 aromatic carbocycles. The molecular weight excluding hydrogens is 241 g/mol. The molecule has 0 spiro atoms. The molecule has 3 rings (SSSR count). The topological polar surface area (TPSA) is 50.9 Å². The zero-order valence-electron chi connectivity index (χ0n) is 10.1. The number of halogens is 1. The fourth-order valence-electron chi connectivity index (χ4n) is 1.95. The van der Waals surface area contributed by atoms with Crippen molar-refractivity contribution in [1.29, 1.82) is 0 Å². The molecule has 1 aromatic heterocycles. The van der Waals surface area contributed by atoms with Crippen LogP contribution in [-0.2, 0) is 0 Å². The molecule has 0 atom stereocenters. The van der Waals surface area contributed by atoms with Crippen molar-refractivity contribution in [1.82, 2.24) is 4.98 Å². The second-order valence-corrected chi connectivity index (χ2v) is 4.27. The Morgan fingerprint density at radius 2 is 1.95 bits per heavy atom. The maximum Gasteiger partial charge on any atom is 0.125 e. The van der Waals surface area contributed by atoms with Crippen molar-refractivity contribution in [2.45, 2.75) is 0 Å². The number of hydrogen-bond acceptors (Lipinski definition) is 3. The lowest BCUT2D eigenvalue weighted by molar-refractivity contribution is 0.628. The first-order valence-electron chi connectivity index (χ1n) is 5.89. The first-order chi connectivity index (χ1) is 9.22. The molecule has 0 amide bonds. The molecule has 0 aliphatic carbocycles. The fraction of sp³-hybridized carbons (Fsp3) is 0. The largest absolute Gasteiger partial charge is 0.397 e. The van der Waals surface area contributed by atoms with E-state index in [4.69, 9.17) is 5.73 Å². The molecule has 0 bridgehead atoms. The normalized spacial score (nSPS) is 10.6. The number of aromatic nitrogens is 1. The lowest BCUT2D eigenvalue weighted by atomic mass is 10.2. The number of nitrogens with two attached hydrogens (primary N) is 1. The number of hydrogen-bond donors (Lipinski definition) is 2. The monoisotopic (exact) mass is 253 g/mol. The number of fused-ring (bicyclic) bond motifs is 1. The van der Waals surface area contributed by atoms with Gasteiger partial charge in [-0.25, -0.2) is 4.39 Å². The van der Waals surface area contributed by atoms with Gasteiger partial charge in [-0.15, -0.1) is 0 Å². The molecule has 0 unspecified atom stereocenters. The Morgan fingerprint density at radius 3 is 2.84 bits per heavy atom. The average Bonchev–Trinajstić information content (AvgIpc) is 2.43. The van der Waals surface area contributed by atoms with E-state index in [9.17, 15) is 4.39 Å². The summed E-state index contributed by atoms with van der Waals surface area (Å²) < 4.78 is 13.2. The summed E-state index contributed by atoms with van der Waals surface area (Å²) >= 11 is 0. The van der Waals surface area contributed by atoms with Gasteiger partial charge in [-0.2, -0.15) is 0 Å². The van der Waals surface area contributed by atoms with Gasteiger partial charge in [0, 0.05) is 17.3 Å². The van der Waals surface area contributed by atoms with Crippen molar-refractivity contribution >= 4 is 28.0 Å². The Balaban J connectivity index is 1.98. The van der Waals surface area contributed by atoms with Crippen molar-refractivity contribution in [3.63, 3.8) is 0 Å². The summed E-state index contributed by atoms with van der Waals surface area (Å²) in [6, 6.07) is 13.9. The van der Waals surface area contributed by atoms with Gasteiger partial charge in [0.25, 0.3) is 0 Å². The van der Waals surface area contributed by atoms with Crippen molar-refractivity contribution in [2.24, 2.45) is 0 Å². The van der Waals surface area contributed by atoms with Gasteiger partial charge in [-0.3, -0.25) is 4.98 Å². The zero-order chi connectivity index (χ0) is 13.2. The van der Waals surface area contributed by atoms with Gasteiger partial charge >= 0.3 is 0 Å². The number of nitrogens with one attached hydrogen (secondary N) is 1. The van der Waals surface area contributed by atoms with Gasteiger partial charge < -0.3 is 11.1 Å². The Hall–Kier alpha value is -2.62. The molecule has 0 saturated carbocycles. The standard InChI is InChI=1S/C15H12FN3/c16-11-3-5-13(17)15(9-11)19-12-4-6-14-10(8-12)2-1-7-18-14/h1-9,19H,17H2. The number of anilines is 3. The summed E-state index contributed by atoms with van der Waals surface area (Å²) in [7, 11) is 0. The van der Waals surface area contributed by atoms with Crippen LogP contribution >= 0.6 is 0 Å². The van der Waals surface area contributed by atoms with Crippen LogP contribution < -0.4 is 11.1 Å². The predicted molar refractivity (Wildman–Crippen MR) is 75.8 cm³/mol. The van der Waals surface area contributed by atoms with E-state index in [1.807, 2.05) is 30.3 Å². The van der Waals surface area contributed by atoms with Gasteiger partial charge in [0.2, 0.25) is 0 Å². The predicted octanol–water partition coefficient (Wildman–Crippen LogP) is 3.70. The molecule has 3 nitrogen and oxygen atoms in total. The molecule has 0 aliphatic rings. The smallest absolute Gasteiger partial charge is 0.125 e. The van der Waals surface area contributed by atoms with Crippen LogP contribution in [-0.4, -0.2) is 4.98 Å². The van der Waals surface area contributed by atoms with Gasteiger partial charge in [-0.05, 0) is 42.5 Å². The Morgan fingerprint density at radius 1 is 1.05 bits per heavy atom. The molecule has 3 N–H and O–H groups in total. The van der Waals surface area contributed by atoms with Crippen LogP contribution in [0.2, 0.25) is 0 Å². The molecule has 0 fully saturated rings. The minimum atomic E-state index is -0.320. The van der Waals surface area contributed by atoms with Gasteiger partial charge in [-0.1, -0.05) is 6.07 Å². The third-order valence-electron chi connectivity index (χ3n) is 2.90. The van der Waals surface area contributed by atoms with Gasteiger partial charge in [0.15, 0.2) is 0 Å². The van der Waals surface area contributed by atoms with Crippen LogP contribution in [0.15, 0.2) is 54.7 Å². The molecule has 1 heterocycles. The summed E-state index contributed by atoms with van der Waals surface area (Å²) in [6.45, 7) is 0. The SMILES string of the molecule is Nc1ccc(F)cc1Nc1ccc2ncccc2c1. The van der Waals surface area contributed by atoms with Crippen molar-refractivity contribution < 1.29 is 4.39 Å². The number of nitrogens with zero attached hydrogens (tertiary/aromatic N) is 1. The molecule has 0 saturated heterocycles.